The molecule has 1 heterocycles. The molecule has 0 aromatic rings. The van der Waals surface area contributed by atoms with E-state index in [2.05, 4.69) is 47.6 Å². The normalized spacial score (nSPS) is 21.2. The molecule has 0 aromatic heterocycles. The van der Waals surface area contributed by atoms with Crippen LogP contribution in [0.5, 0.6) is 0 Å². The van der Waals surface area contributed by atoms with E-state index >= 15 is 0 Å². The van der Waals surface area contributed by atoms with Crippen LogP contribution in [0.25, 0.3) is 0 Å². The van der Waals surface area contributed by atoms with Gasteiger partial charge in [0, 0.05) is 0 Å². The Labute approximate surface area is 116 Å². The minimum absolute atomic E-state index is 0.752. The van der Waals surface area contributed by atoms with Crippen molar-refractivity contribution in [3.05, 3.63) is 0 Å². The topological polar surface area (TPSA) is 9.72 Å². The SMILES string of the molecule is CCN1CC[N](CC)[In]([CH2]CC(C)N(C)C)[CH2]1. The summed E-state index contributed by atoms with van der Waals surface area (Å²) in [7, 11) is 4.41. The first-order valence-electron chi connectivity index (χ1n) is 7.21. The fourth-order valence-corrected chi connectivity index (χ4v) is 13.1. The zero-order valence-electron chi connectivity index (χ0n) is 12.4. The summed E-state index contributed by atoms with van der Waals surface area (Å²) in [4.78, 5) is 5.05. The van der Waals surface area contributed by atoms with Gasteiger partial charge in [-0.05, 0) is 0 Å². The molecular weight excluding hydrogens is 313 g/mol. The van der Waals surface area contributed by atoms with Crippen LogP contribution in [0.4, 0.5) is 0 Å². The maximum atomic E-state index is 2.87. The third-order valence-corrected chi connectivity index (χ3v) is 14.6. The second-order valence-electron chi connectivity index (χ2n) is 5.57. The van der Waals surface area contributed by atoms with E-state index in [1.807, 2.05) is 0 Å². The molecule has 100 valence electrons. The fourth-order valence-electron chi connectivity index (χ4n) is 2.63. The first kappa shape index (κ1) is 15.8. The Morgan fingerprint density at radius 2 is 1.88 bits per heavy atom. The number of hydrogen-bond acceptors (Lipinski definition) is 3. The van der Waals surface area contributed by atoms with Gasteiger partial charge in [0.15, 0.2) is 0 Å². The van der Waals surface area contributed by atoms with Crippen LogP contribution >= 0.6 is 0 Å². The van der Waals surface area contributed by atoms with Crippen molar-refractivity contribution in [2.75, 3.05) is 44.6 Å². The molecule has 0 aliphatic carbocycles. The summed E-state index contributed by atoms with van der Waals surface area (Å²) in [6.45, 7) is 12.2. The molecule has 0 amide bonds. The van der Waals surface area contributed by atoms with E-state index in [9.17, 15) is 0 Å². The van der Waals surface area contributed by atoms with Gasteiger partial charge in [0.1, 0.15) is 0 Å². The van der Waals surface area contributed by atoms with Gasteiger partial charge in [-0.15, -0.1) is 0 Å². The van der Waals surface area contributed by atoms with Crippen molar-refractivity contribution in [3.8, 4) is 0 Å². The van der Waals surface area contributed by atoms with Crippen molar-refractivity contribution in [1.82, 2.24) is 12.7 Å². The van der Waals surface area contributed by atoms with E-state index in [4.69, 9.17) is 0 Å². The molecule has 3 nitrogen and oxygen atoms in total. The summed E-state index contributed by atoms with van der Waals surface area (Å²) in [5.41, 5.74) is 0. The molecule has 0 radical (unpaired) electrons. The molecule has 1 rings (SSSR count). The Morgan fingerprint density at radius 1 is 1.18 bits per heavy atom. The Morgan fingerprint density at radius 3 is 2.41 bits per heavy atom. The van der Waals surface area contributed by atoms with Crippen LogP contribution < -0.4 is 0 Å². The summed E-state index contributed by atoms with van der Waals surface area (Å²) in [6.07, 6.45) is 1.40. The van der Waals surface area contributed by atoms with Gasteiger partial charge in [-0.2, -0.15) is 0 Å². The number of rotatable bonds is 6. The molecule has 4 heteroatoms. The second kappa shape index (κ2) is 8.03. The van der Waals surface area contributed by atoms with E-state index < -0.39 is 21.7 Å². The monoisotopic (exact) mass is 343 g/mol. The van der Waals surface area contributed by atoms with Crippen molar-refractivity contribution in [1.29, 1.82) is 0 Å². The number of likely N-dealkylation sites (N-methyl/N-ethyl adjacent to an activating group) is 2. The van der Waals surface area contributed by atoms with Crippen LogP contribution in [0.3, 0.4) is 0 Å². The molecule has 1 fully saturated rings. The average Bonchev–Trinajstić information content (AvgIpc) is 2.35. The molecule has 1 aliphatic heterocycles. The Kier molecular flexibility index (Phi) is 7.46. The fraction of sp³-hybridized carbons (Fsp3) is 1.00. The van der Waals surface area contributed by atoms with Crippen LogP contribution in [0.1, 0.15) is 27.2 Å². The van der Waals surface area contributed by atoms with Gasteiger partial charge >= 0.3 is 116 Å². The minimum atomic E-state index is -1.43. The molecule has 1 saturated heterocycles. The van der Waals surface area contributed by atoms with E-state index in [1.54, 1.807) is 4.18 Å². The summed E-state index contributed by atoms with van der Waals surface area (Å²) in [5.74, 6) is 0. The Balaban J connectivity index is 2.41. The zero-order chi connectivity index (χ0) is 12.8. The summed E-state index contributed by atoms with van der Waals surface area (Å²) in [6, 6.07) is 0.752. The van der Waals surface area contributed by atoms with Crippen molar-refractivity contribution in [2.45, 2.75) is 37.4 Å². The molecule has 0 bridgehead atoms. The molecule has 1 atom stereocenters. The van der Waals surface area contributed by atoms with E-state index in [1.165, 1.54) is 36.9 Å². The van der Waals surface area contributed by atoms with Gasteiger partial charge in [0.25, 0.3) is 0 Å². The van der Waals surface area contributed by atoms with Crippen molar-refractivity contribution in [2.24, 2.45) is 0 Å². The third-order valence-electron chi connectivity index (χ3n) is 4.34. The van der Waals surface area contributed by atoms with E-state index in [0.29, 0.717) is 0 Å². The van der Waals surface area contributed by atoms with Gasteiger partial charge in [-0.3, -0.25) is 0 Å². The number of nitrogens with zero attached hydrogens (tertiary/aromatic N) is 3. The van der Waals surface area contributed by atoms with Gasteiger partial charge < -0.3 is 0 Å². The summed E-state index contributed by atoms with van der Waals surface area (Å²) < 4.78 is 5.90. The first-order chi connectivity index (χ1) is 8.08. The predicted molar refractivity (Wildman–Crippen MR) is 77.7 cm³/mol. The van der Waals surface area contributed by atoms with Crippen LogP contribution in [0.15, 0.2) is 0 Å². The molecule has 0 aromatic carbocycles. The average molecular weight is 343 g/mol. The zero-order valence-corrected chi connectivity index (χ0v) is 15.7. The Hall–Kier alpha value is 0.750. The summed E-state index contributed by atoms with van der Waals surface area (Å²) in [5, 5.41) is 0. The quantitative estimate of drug-likeness (QED) is 0.724. The van der Waals surface area contributed by atoms with Crippen LogP contribution in [-0.4, -0.2) is 85.0 Å². The maximum absolute atomic E-state index is 2.87. The van der Waals surface area contributed by atoms with E-state index in [0.717, 1.165) is 6.04 Å². The summed E-state index contributed by atoms with van der Waals surface area (Å²) >= 11 is -1.43. The molecule has 1 unspecified atom stereocenters. The Bertz CT molecular complexity index is 211. The van der Waals surface area contributed by atoms with Crippen LogP contribution in [0.2, 0.25) is 4.18 Å². The molecule has 1 aliphatic rings. The standard InChI is InChI=1S/C7H16N2.C6H14N.In/c1-4-8-6-7-9(3)5-2;1-5-6(2)7(3)4;/h3-7H2,1-2H3;6H,1,5H2,2-4H3;/q-1;;+1. The van der Waals surface area contributed by atoms with Gasteiger partial charge in [-0.25, -0.2) is 0 Å². The molecule has 17 heavy (non-hydrogen) atoms. The third kappa shape index (κ3) is 5.09. The number of hydrogen-bond donors (Lipinski definition) is 0. The van der Waals surface area contributed by atoms with Crippen LogP contribution in [-0.2, 0) is 0 Å². The molecule has 0 spiro atoms. The van der Waals surface area contributed by atoms with Gasteiger partial charge in [-0.1, -0.05) is 0 Å². The predicted octanol–water partition coefficient (Wildman–Crippen LogP) is 1.51. The molecular formula is C13H30InN3. The van der Waals surface area contributed by atoms with Crippen molar-refractivity contribution >= 4 is 21.7 Å². The van der Waals surface area contributed by atoms with Crippen molar-refractivity contribution in [3.63, 3.8) is 0 Å². The molecule has 0 saturated carbocycles. The van der Waals surface area contributed by atoms with Gasteiger partial charge in [0.2, 0.25) is 0 Å². The van der Waals surface area contributed by atoms with Crippen molar-refractivity contribution < 1.29 is 0 Å². The van der Waals surface area contributed by atoms with Crippen LogP contribution in [0, 0.1) is 0 Å². The van der Waals surface area contributed by atoms with Gasteiger partial charge in [0.05, 0.1) is 0 Å². The first-order valence-corrected chi connectivity index (χ1v) is 13.3. The molecule has 0 N–H and O–H groups in total. The van der Waals surface area contributed by atoms with E-state index in [-0.39, 0.29) is 0 Å². The second-order valence-corrected chi connectivity index (χ2v) is 14.1.